The average molecular weight is 380 g/mol. The van der Waals surface area contributed by atoms with Crippen LogP contribution < -0.4 is 9.46 Å². The molecule has 0 amide bonds. The van der Waals surface area contributed by atoms with Crippen LogP contribution in [0.5, 0.6) is 5.75 Å². The zero-order valence-corrected chi connectivity index (χ0v) is 15.6. The van der Waals surface area contributed by atoms with Crippen molar-refractivity contribution in [1.29, 1.82) is 0 Å². The summed E-state index contributed by atoms with van der Waals surface area (Å²) in [6.45, 7) is 0.424. The third-order valence-electron chi connectivity index (χ3n) is 4.34. The molecule has 130 valence electrons. The second-order valence-electron chi connectivity index (χ2n) is 5.94. The van der Waals surface area contributed by atoms with E-state index in [9.17, 15) is 8.42 Å². The van der Waals surface area contributed by atoms with Crippen LogP contribution in [0.4, 0.5) is 0 Å². The molecule has 1 N–H and O–H groups in total. The lowest BCUT2D eigenvalue weighted by Crippen LogP contribution is -2.26. The minimum atomic E-state index is -3.67. The van der Waals surface area contributed by atoms with E-state index in [1.54, 1.807) is 0 Å². The van der Waals surface area contributed by atoms with Gasteiger partial charge < -0.3 is 4.74 Å². The van der Waals surface area contributed by atoms with E-state index in [2.05, 4.69) is 4.72 Å². The Bertz CT molecular complexity index is 626. The lowest BCUT2D eigenvalue weighted by molar-refractivity contribution is 0.414. The quantitative estimate of drug-likeness (QED) is 0.732. The molecule has 0 unspecified atom stereocenters. The van der Waals surface area contributed by atoms with Gasteiger partial charge in [-0.05, 0) is 24.5 Å². The molecule has 1 aromatic carbocycles. The molecule has 0 aromatic heterocycles. The predicted octanol–water partition coefficient (Wildman–Crippen LogP) is 4.64. The van der Waals surface area contributed by atoms with Crippen molar-refractivity contribution in [3.8, 4) is 5.75 Å². The maximum absolute atomic E-state index is 12.4. The number of hydrogen-bond acceptors (Lipinski definition) is 3. The van der Waals surface area contributed by atoms with Gasteiger partial charge >= 0.3 is 0 Å². The molecule has 4 nitrogen and oxygen atoms in total. The maximum atomic E-state index is 12.4. The molecule has 1 aliphatic carbocycles. The van der Waals surface area contributed by atoms with Crippen LogP contribution in [-0.4, -0.2) is 22.1 Å². The van der Waals surface area contributed by atoms with E-state index in [1.807, 2.05) is 0 Å². The minimum Gasteiger partial charge on any atom is -0.495 e. The van der Waals surface area contributed by atoms with Crippen LogP contribution in [0.25, 0.3) is 0 Å². The SMILES string of the molecule is COc1ccc(S(=O)(=O)NCCC2CCCCCC2)c(Cl)c1Cl. The minimum absolute atomic E-state index is 0.00650. The van der Waals surface area contributed by atoms with Gasteiger partial charge in [-0.15, -0.1) is 0 Å². The largest absolute Gasteiger partial charge is 0.495 e. The third kappa shape index (κ3) is 4.99. The Morgan fingerprint density at radius 1 is 1.13 bits per heavy atom. The molecule has 1 aromatic rings. The van der Waals surface area contributed by atoms with Crippen molar-refractivity contribution in [3.05, 3.63) is 22.2 Å². The van der Waals surface area contributed by atoms with E-state index in [0.29, 0.717) is 18.2 Å². The molecule has 0 spiro atoms. The van der Waals surface area contributed by atoms with E-state index in [1.165, 1.54) is 57.8 Å². The highest BCUT2D eigenvalue weighted by molar-refractivity contribution is 7.89. The zero-order chi connectivity index (χ0) is 16.9. The van der Waals surface area contributed by atoms with Crippen LogP contribution in [0, 0.1) is 5.92 Å². The van der Waals surface area contributed by atoms with Gasteiger partial charge in [0.15, 0.2) is 0 Å². The van der Waals surface area contributed by atoms with Gasteiger partial charge in [-0.25, -0.2) is 13.1 Å². The fourth-order valence-corrected chi connectivity index (χ4v) is 4.89. The monoisotopic (exact) mass is 379 g/mol. The first-order valence-corrected chi connectivity index (χ1v) is 10.2. The number of ether oxygens (including phenoxy) is 1. The van der Waals surface area contributed by atoms with Gasteiger partial charge in [0, 0.05) is 6.54 Å². The summed E-state index contributed by atoms with van der Waals surface area (Å²) in [4.78, 5) is -0.00849. The summed E-state index contributed by atoms with van der Waals surface area (Å²) in [5, 5.41) is 0.105. The summed E-state index contributed by atoms with van der Waals surface area (Å²) >= 11 is 12.1. The summed E-state index contributed by atoms with van der Waals surface area (Å²) in [7, 11) is -2.22. The third-order valence-corrected chi connectivity index (χ3v) is 6.82. The molecule has 23 heavy (non-hydrogen) atoms. The van der Waals surface area contributed by atoms with Gasteiger partial charge in [0.05, 0.1) is 12.1 Å². The van der Waals surface area contributed by atoms with E-state index < -0.39 is 10.0 Å². The van der Waals surface area contributed by atoms with Crippen molar-refractivity contribution in [2.75, 3.05) is 13.7 Å². The first-order chi connectivity index (χ1) is 11.0. The lowest BCUT2D eigenvalue weighted by Gasteiger charge is -2.15. The number of hydrogen-bond donors (Lipinski definition) is 1. The van der Waals surface area contributed by atoms with E-state index in [4.69, 9.17) is 27.9 Å². The highest BCUT2D eigenvalue weighted by Crippen LogP contribution is 2.36. The Balaban J connectivity index is 2.00. The van der Waals surface area contributed by atoms with Gasteiger partial charge in [-0.3, -0.25) is 0 Å². The molecule has 0 aliphatic heterocycles. The van der Waals surface area contributed by atoms with Crippen LogP contribution in [0.1, 0.15) is 44.9 Å². The second kappa shape index (κ2) is 8.56. The fraction of sp³-hybridized carbons (Fsp3) is 0.625. The van der Waals surface area contributed by atoms with Crippen LogP contribution in [-0.2, 0) is 10.0 Å². The van der Waals surface area contributed by atoms with E-state index in [0.717, 1.165) is 6.42 Å². The van der Waals surface area contributed by atoms with Crippen molar-refractivity contribution < 1.29 is 13.2 Å². The molecule has 0 radical (unpaired) electrons. The Labute approximate surface area is 148 Å². The summed E-state index contributed by atoms with van der Waals surface area (Å²) in [6.07, 6.45) is 8.33. The maximum Gasteiger partial charge on any atom is 0.242 e. The van der Waals surface area contributed by atoms with Gasteiger partial charge in [-0.2, -0.15) is 0 Å². The Kier molecular flexibility index (Phi) is 7.01. The van der Waals surface area contributed by atoms with E-state index >= 15 is 0 Å². The van der Waals surface area contributed by atoms with Gasteiger partial charge in [0.2, 0.25) is 10.0 Å². The molecule has 1 fully saturated rings. The number of sulfonamides is 1. The van der Waals surface area contributed by atoms with Gasteiger partial charge in [0.1, 0.15) is 15.7 Å². The fourth-order valence-electron chi connectivity index (χ4n) is 3.01. The normalized spacial score (nSPS) is 17.0. The number of halogens is 2. The topological polar surface area (TPSA) is 55.4 Å². The standard InChI is InChI=1S/C16H23Cl2NO3S/c1-22-13-8-9-14(16(18)15(13)17)23(20,21)19-11-10-12-6-4-2-3-5-7-12/h8-9,12,19H,2-7,10-11H2,1H3. The zero-order valence-electron chi connectivity index (χ0n) is 13.3. The summed E-state index contributed by atoms with van der Waals surface area (Å²) in [6, 6.07) is 2.93. The Hall–Kier alpha value is -0.490. The van der Waals surface area contributed by atoms with E-state index in [-0.39, 0.29) is 14.9 Å². The lowest BCUT2D eigenvalue weighted by atomic mass is 9.97. The average Bonchev–Trinajstić information content (AvgIpc) is 2.78. The number of benzene rings is 1. The molecule has 0 heterocycles. The molecule has 0 bridgehead atoms. The first-order valence-electron chi connectivity index (χ1n) is 7.97. The molecule has 7 heteroatoms. The van der Waals surface area contributed by atoms with Crippen LogP contribution in [0.3, 0.4) is 0 Å². The smallest absolute Gasteiger partial charge is 0.242 e. The van der Waals surface area contributed by atoms with Crippen LogP contribution in [0.2, 0.25) is 10.0 Å². The van der Waals surface area contributed by atoms with Gasteiger partial charge in [-0.1, -0.05) is 61.7 Å². The molecule has 0 atom stereocenters. The molecule has 2 rings (SSSR count). The molecule has 0 saturated heterocycles. The number of rotatable bonds is 6. The van der Waals surface area contributed by atoms with Crippen molar-refractivity contribution >= 4 is 33.2 Å². The summed E-state index contributed by atoms with van der Waals surface area (Å²) in [5.41, 5.74) is 0. The number of methoxy groups -OCH3 is 1. The van der Waals surface area contributed by atoms with Crippen molar-refractivity contribution in [2.24, 2.45) is 5.92 Å². The number of nitrogens with one attached hydrogen (secondary N) is 1. The predicted molar refractivity (Wildman–Crippen MR) is 94.0 cm³/mol. The highest BCUT2D eigenvalue weighted by atomic mass is 35.5. The molecule has 1 saturated carbocycles. The van der Waals surface area contributed by atoms with Crippen LogP contribution >= 0.6 is 23.2 Å². The van der Waals surface area contributed by atoms with Gasteiger partial charge in [0.25, 0.3) is 0 Å². The van der Waals surface area contributed by atoms with Crippen LogP contribution in [0.15, 0.2) is 17.0 Å². The van der Waals surface area contributed by atoms with Crippen molar-refractivity contribution in [1.82, 2.24) is 4.72 Å². The summed E-state index contributed by atoms with van der Waals surface area (Å²) < 4.78 is 32.5. The second-order valence-corrected chi connectivity index (χ2v) is 8.43. The molecular weight excluding hydrogens is 357 g/mol. The van der Waals surface area contributed by atoms with Crippen molar-refractivity contribution in [2.45, 2.75) is 49.8 Å². The Morgan fingerprint density at radius 3 is 2.39 bits per heavy atom. The van der Waals surface area contributed by atoms with Crippen molar-refractivity contribution in [3.63, 3.8) is 0 Å². The summed E-state index contributed by atoms with van der Waals surface area (Å²) in [5.74, 6) is 0.962. The first kappa shape index (κ1) is 18.8. The highest BCUT2D eigenvalue weighted by Gasteiger charge is 2.22. The molecular formula is C16H23Cl2NO3S. The Morgan fingerprint density at radius 2 is 1.78 bits per heavy atom. The molecule has 1 aliphatic rings.